The van der Waals surface area contributed by atoms with Crippen molar-refractivity contribution in [3.8, 4) is 5.69 Å². The van der Waals surface area contributed by atoms with Gasteiger partial charge < -0.3 is 9.64 Å². The fraction of sp³-hybridized carbons (Fsp3) is 0.500. The molecule has 1 amide bonds. The third-order valence-corrected chi connectivity index (χ3v) is 4.37. The van der Waals surface area contributed by atoms with Gasteiger partial charge in [-0.05, 0) is 58.9 Å². The molecule has 0 bridgehead atoms. The maximum absolute atomic E-state index is 12.9. The number of rotatable bonds is 2. The Balaban J connectivity index is 1.85. The molecule has 24 heavy (non-hydrogen) atoms. The summed E-state index contributed by atoms with van der Waals surface area (Å²) in [6.45, 7) is 11.0. The zero-order chi connectivity index (χ0) is 17.5. The van der Waals surface area contributed by atoms with Gasteiger partial charge in [-0.15, -0.1) is 0 Å². The quantitative estimate of drug-likeness (QED) is 0.850. The molecular formula is C18H24N4O2. The number of carbonyl (C=O) groups is 1. The first-order valence-electron chi connectivity index (χ1n) is 8.22. The van der Waals surface area contributed by atoms with Crippen molar-refractivity contribution in [3.05, 3.63) is 41.5 Å². The summed E-state index contributed by atoms with van der Waals surface area (Å²) in [5.41, 5.74) is 1.27. The molecule has 6 nitrogen and oxygen atoms in total. The number of aryl methyl sites for hydroxylation is 2. The van der Waals surface area contributed by atoms with Gasteiger partial charge in [-0.2, -0.15) is 5.10 Å². The lowest BCUT2D eigenvalue weighted by Crippen LogP contribution is -2.57. The number of amides is 1. The van der Waals surface area contributed by atoms with E-state index in [-0.39, 0.29) is 17.6 Å². The van der Waals surface area contributed by atoms with Crippen LogP contribution in [0.1, 0.15) is 42.8 Å². The number of carbonyl (C=O) groups excluding carboxylic acids is 1. The van der Waals surface area contributed by atoms with Crippen molar-refractivity contribution < 1.29 is 9.53 Å². The predicted octanol–water partition coefficient (Wildman–Crippen LogP) is 2.52. The van der Waals surface area contributed by atoms with Crippen molar-refractivity contribution in [2.75, 3.05) is 13.2 Å². The van der Waals surface area contributed by atoms with E-state index in [1.54, 1.807) is 4.68 Å². The Morgan fingerprint density at radius 3 is 2.50 bits per heavy atom. The lowest BCUT2D eigenvalue weighted by atomic mass is 9.99. The molecule has 1 aliphatic heterocycles. The standard InChI is InChI=1S/C18H24N4O2/c1-12-10-21(18(4,5)11-24-12)17(23)15-6-8-16(9-7-15)22-14(3)19-13(2)20-22/h6-9,12H,10-11H2,1-5H3. The van der Waals surface area contributed by atoms with Crippen LogP contribution in [0.5, 0.6) is 0 Å². The molecule has 1 aliphatic rings. The molecule has 3 rings (SSSR count). The second kappa shape index (κ2) is 6.02. The molecule has 128 valence electrons. The molecule has 0 aliphatic carbocycles. The summed E-state index contributed by atoms with van der Waals surface area (Å²) in [5, 5.41) is 4.37. The van der Waals surface area contributed by atoms with E-state index in [0.717, 1.165) is 17.3 Å². The van der Waals surface area contributed by atoms with Crippen LogP contribution in [-0.2, 0) is 4.74 Å². The smallest absolute Gasteiger partial charge is 0.254 e. The van der Waals surface area contributed by atoms with Crippen LogP contribution in [-0.4, -0.2) is 50.4 Å². The Kier molecular flexibility index (Phi) is 4.17. The molecule has 0 N–H and O–H groups in total. The van der Waals surface area contributed by atoms with Crippen molar-refractivity contribution in [3.63, 3.8) is 0 Å². The fourth-order valence-corrected chi connectivity index (χ4v) is 3.01. The first kappa shape index (κ1) is 16.6. The molecule has 2 aromatic rings. The number of ether oxygens (including phenoxy) is 1. The van der Waals surface area contributed by atoms with Crippen molar-refractivity contribution >= 4 is 5.91 Å². The van der Waals surface area contributed by atoms with E-state index >= 15 is 0 Å². The summed E-state index contributed by atoms with van der Waals surface area (Å²) in [6.07, 6.45) is 0.0574. The maximum atomic E-state index is 12.9. The van der Waals surface area contributed by atoms with E-state index in [9.17, 15) is 4.79 Å². The second-order valence-electron chi connectivity index (χ2n) is 7.01. The highest BCUT2D eigenvalue weighted by molar-refractivity contribution is 5.95. The molecule has 1 aromatic carbocycles. The molecule has 1 atom stereocenters. The van der Waals surface area contributed by atoms with Crippen LogP contribution in [0.2, 0.25) is 0 Å². The minimum Gasteiger partial charge on any atom is -0.374 e. The van der Waals surface area contributed by atoms with Crippen LogP contribution < -0.4 is 0 Å². The summed E-state index contributed by atoms with van der Waals surface area (Å²) in [5.74, 6) is 1.60. The number of morpholine rings is 1. The predicted molar refractivity (Wildman–Crippen MR) is 91.4 cm³/mol. The number of hydrogen-bond acceptors (Lipinski definition) is 4. The Hall–Kier alpha value is -2.21. The first-order chi connectivity index (χ1) is 11.3. The minimum absolute atomic E-state index is 0.0354. The van der Waals surface area contributed by atoms with Crippen molar-refractivity contribution in [2.24, 2.45) is 0 Å². The molecule has 2 heterocycles. The van der Waals surface area contributed by atoms with Gasteiger partial charge in [-0.3, -0.25) is 4.79 Å². The normalized spacial score (nSPS) is 20.2. The average Bonchev–Trinajstić information content (AvgIpc) is 2.88. The SMILES string of the molecule is Cc1nc(C)n(-c2ccc(C(=O)N3CC(C)OCC3(C)C)cc2)n1. The lowest BCUT2D eigenvalue weighted by Gasteiger charge is -2.44. The zero-order valence-electron chi connectivity index (χ0n) is 14.9. The van der Waals surface area contributed by atoms with Gasteiger partial charge in [0.15, 0.2) is 0 Å². The highest BCUT2D eigenvalue weighted by Crippen LogP contribution is 2.24. The Morgan fingerprint density at radius 2 is 1.92 bits per heavy atom. The highest BCUT2D eigenvalue weighted by atomic mass is 16.5. The number of nitrogens with zero attached hydrogens (tertiary/aromatic N) is 4. The van der Waals surface area contributed by atoms with Crippen LogP contribution in [0.3, 0.4) is 0 Å². The molecule has 1 saturated heterocycles. The summed E-state index contributed by atoms with van der Waals surface area (Å²) < 4.78 is 7.47. The Labute approximate surface area is 142 Å². The van der Waals surface area contributed by atoms with E-state index in [0.29, 0.717) is 18.7 Å². The van der Waals surface area contributed by atoms with Crippen LogP contribution in [0.15, 0.2) is 24.3 Å². The third-order valence-electron chi connectivity index (χ3n) is 4.37. The topological polar surface area (TPSA) is 60.2 Å². The fourth-order valence-electron chi connectivity index (χ4n) is 3.01. The van der Waals surface area contributed by atoms with Gasteiger partial charge in [-0.25, -0.2) is 9.67 Å². The highest BCUT2D eigenvalue weighted by Gasteiger charge is 2.37. The number of benzene rings is 1. The van der Waals surface area contributed by atoms with Crippen LogP contribution in [0.25, 0.3) is 5.69 Å². The minimum atomic E-state index is -0.304. The van der Waals surface area contributed by atoms with Gasteiger partial charge in [0, 0.05) is 12.1 Å². The van der Waals surface area contributed by atoms with E-state index in [1.807, 2.05) is 63.8 Å². The molecular weight excluding hydrogens is 304 g/mol. The van der Waals surface area contributed by atoms with Gasteiger partial charge in [-0.1, -0.05) is 0 Å². The molecule has 0 radical (unpaired) electrons. The monoisotopic (exact) mass is 328 g/mol. The lowest BCUT2D eigenvalue weighted by molar-refractivity contribution is -0.0755. The van der Waals surface area contributed by atoms with E-state index in [4.69, 9.17) is 4.74 Å². The number of aromatic nitrogens is 3. The molecule has 6 heteroatoms. The zero-order valence-corrected chi connectivity index (χ0v) is 14.9. The number of hydrogen-bond donors (Lipinski definition) is 0. The summed E-state index contributed by atoms with van der Waals surface area (Å²) >= 11 is 0. The average molecular weight is 328 g/mol. The Bertz CT molecular complexity index is 749. The molecule has 1 aromatic heterocycles. The largest absolute Gasteiger partial charge is 0.374 e. The molecule has 0 saturated carbocycles. The van der Waals surface area contributed by atoms with E-state index < -0.39 is 0 Å². The first-order valence-corrected chi connectivity index (χ1v) is 8.22. The van der Waals surface area contributed by atoms with Crippen molar-refractivity contribution in [1.82, 2.24) is 19.7 Å². The second-order valence-corrected chi connectivity index (χ2v) is 7.01. The van der Waals surface area contributed by atoms with Gasteiger partial charge >= 0.3 is 0 Å². The van der Waals surface area contributed by atoms with Gasteiger partial charge in [0.25, 0.3) is 5.91 Å². The summed E-state index contributed by atoms with van der Waals surface area (Å²) in [7, 11) is 0. The Morgan fingerprint density at radius 1 is 1.25 bits per heavy atom. The third kappa shape index (κ3) is 3.06. The molecule has 0 spiro atoms. The van der Waals surface area contributed by atoms with E-state index in [2.05, 4.69) is 10.1 Å². The van der Waals surface area contributed by atoms with Crippen LogP contribution in [0.4, 0.5) is 0 Å². The van der Waals surface area contributed by atoms with Crippen LogP contribution >= 0.6 is 0 Å². The van der Waals surface area contributed by atoms with Crippen molar-refractivity contribution in [2.45, 2.75) is 46.3 Å². The van der Waals surface area contributed by atoms with E-state index in [1.165, 1.54) is 0 Å². The summed E-state index contributed by atoms with van der Waals surface area (Å²) in [4.78, 5) is 19.1. The summed E-state index contributed by atoms with van der Waals surface area (Å²) in [6, 6.07) is 7.52. The van der Waals surface area contributed by atoms with Gasteiger partial charge in [0.05, 0.1) is 23.9 Å². The maximum Gasteiger partial charge on any atom is 0.254 e. The van der Waals surface area contributed by atoms with Gasteiger partial charge in [0.1, 0.15) is 11.6 Å². The van der Waals surface area contributed by atoms with Crippen molar-refractivity contribution in [1.29, 1.82) is 0 Å². The molecule has 1 fully saturated rings. The molecule has 1 unspecified atom stereocenters. The van der Waals surface area contributed by atoms with Gasteiger partial charge in [0.2, 0.25) is 0 Å². The van der Waals surface area contributed by atoms with Crippen LogP contribution in [0, 0.1) is 13.8 Å².